The van der Waals surface area contributed by atoms with Crippen LogP contribution in [0.15, 0.2) is 59.5 Å². The lowest BCUT2D eigenvalue weighted by Gasteiger charge is -2.34. The third-order valence-corrected chi connectivity index (χ3v) is 7.95. The average Bonchev–Trinajstić information content (AvgIpc) is 3.65. The van der Waals surface area contributed by atoms with Crippen molar-refractivity contribution in [1.29, 1.82) is 0 Å². The second-order valence-corrected chi connectivity index (χ2v) is 10.9. The Kier molecular flexibility index (Phi) is 7.70. The molecule has 3 N–H and O–H groups in total. The van der Waals surface area contributed by atoms with Gasteiger partial charge >= 0.3 is 0 Å². The van der Waals surface area contributed by atoms with E-state index in [1.54, 1.807) is 23.2 Å². The van der Waals surface area contributed by atoms with Crippen molar-refractivity contribution >= 4 is 40.3 Å². The van der Waals surface area contributed by atoms with Gasteiger partial charge < -0.3 is 24.9 Å². The summed E-state index contributed by atoms with van der Waals surface area (Å²) in [5.41, 5.74) is 2.85. The largest absolute Gasteiger partial charge is 0.459 e. The number of amides is 2. The topological polar surface area (TPSA) is 119 Å². The van der Waals surface area contributed by atoms with E-state index in [-0.39, 0.29) is 23.9 Å². The number of rotatable bonds is 7. The van der Waals surface area contributed by atoms with Crippen molar-refractivity contribution in [3.63, 3.8) is 0 Å². The highest BCUT2D eigenvalue weighted by atomic mass is 35.5. The molecule has 0 spiro atoms. The maximum absolute atomic E-state index is 12.7. The SMILES string of the molecule is O=C(CN1CCN(C(=O)c2ccco2)CC1)N[C@H]1CC[C@H](Nc2cc(-c3c[nH]c4ncccc34)cc(Cl)n2)CC1. The van der Waals surface area contributed by atoms with Gasteiger partial charge in [0, 0.05) is 61.6 Å². The summed E-state index contributed by atoms with van der Waals surface area (Å²) in [6.07, 6.45) is 8.88. The summed E-state index contributed by atoms with van der Waals surface area (Å²) in [5.74, 6) is 1.04. The van der Waals surface area contributed by atoms with Gasteiger partial charge in [-0.2, -0.15) is 0 Å². The molecule has 208 valence electrons. The Morgan fingerprint density at radius 1 is 1.05 bits per heavy atom. The molecule has 6 rings (SSSR count). The third-order valence-electron chi connectivity index (χ3n) is 7.76. The predicted octanol–water partition coefficient (Wildman–Crippen LogP) is 4.17. The molecule has 2 amide bonds. The molecule has 0 aromatic carbocycles. The van der Waals surface area contributed by atoms with Crippen molar-refractivity contribution in [3.05, 3.63) is 66.0 Å². The Labute approximate surface area is 237 Å². The summed E-state index contributed by atoms with van der Waals surface area (Å²) in [6.45, 7) is 2.85. The zero-order valence-corrected chi connectivity index (χ0v) is 22.9. The Morgan fingerprint density at radius 3 is 2.62 bits per heavy atom. The molecule has 4 aromatic heterocycles. The number of carbonyl (C=O) groups is 2. The molecule has 1 aliphatic heterocycles. The third kappa shape index (κ3) is 5.97. The van der Waals surface area contributed by atoms with Crippen molar-refractivity contribution in [2.75, 3.05) is 38.0 Å². The fourth-order valence-corrected chi connectivity index (χ4v) is 5.86. The Bertz CT molecular complexity index is 1470. The molecular weight excluding hydrogens is 530 g/mol. The monoisotopic (exact) mass is 561 g/mol. The Balaban J connectivity index is 0.963. The highest BCUT2D eigenvalue weighted by Gasteiger charge is 2.27. The van der Waals surface area contributed by atoms with Crippen molar-refractivity contribution in [3.8, 4) is 11.1 Å². The highest BCUT2D eigenvalue weighted by molar-refractivity contribution is 6.29. The summed E-state index contributed by atoms with van der Waals surface area (Å²) in [7, 11) is 0. The molecule has 0 atom stereocenters. The van der Waals surface area contributed by atoms with Crippen molar-refractivity contribution in [1.82, 2.24) is 30.1 Å². The van der Waals surface area contributed by atoms with Crippen LogP contribution in [0, 0.1) is 0 Å². The van der Waals surface area contributed by atoms with Crippen LogP contribution in [0.25, 0.3) is 22.2 Å². The van der Waals surface area contributed by atoms with E-state index < -0.39 is 0 Å². The van der Waals surface area contributed by atoms with Crippen LogP contribution in [-0.2, 0) is 4.79 Å². The summed E-state index contributed by atoms with van der Waals surface area (Å²) in [4.78, 5) is 41.1. The van der Waals surface area contributed by atoms with Gasteiger partial charge in [0.25, 0.3) is 5.91 Å². The number of aromatic amines is 1. The number of fused-ring (bicyclic) bond motifs is 1. The fourth-order valence-electron chi connectivity index (χ4n) is 5.65. The molecule has 10 nitrogen and oxygen atoms in total. The quantitative estimate of drug-likeness (QED) is 0.290. The van der Waals surface area contributed by atoms with Crippen LogP contribution >= 0.6 is 11.6 Å². The summed E-state index contributed by atoms with van der Waals surface area (Å²) in [6, 6.07) is 11.7. The molecule has 5 heterocycles. The van der Waals surface area contributed by atoms with Gasteiger partial charge in [-0.25, -0.2) is 9.97 Å². The van der Waals surface area contributed by atoms with Gasteiger partial charge in [0.2, 0.25) is 5.91 Å². The number of piperazine rings is 1. The second kappa shape index (κ2) is 11.7. The number of hydrogen-bond acceptors (Lipinski definition) is 7. The smallest absolute Gasteiger partial charge is 0.289 e. The van der Waals surface area contributed by atoms with Crippen LogP contribution in [-0.4, -0.2) is 81.4 Å². The van der Waals surface area contributed by atoms with Crippen LogP contribution in [0.5, 0.6) is 0 Å². The molecule has 0 bridgehead atoms. The fraction of sp³-hybridized carbons (Fsp3) is 0.379. The van der Waals surface area contributed by atoms with Crippen molar-refractivity contribution in [2.45, 2.75) is 37.8 Å². The molecular formula is C29H32ClN7O3. The number of carbonyl (C=O) groups excluding carboxylic acids is 2. The van der Waals surface area contributed by atoms with Gasteiger partial charge in [0.05, 0.1) is 12.8 Å². The number of nitrogens with zero attached hydrogens (tertiary/aromatic N) is 4. The van der Waals surface area contributed by atoms with E-state index in [0.29, 0.717) is 43.6 Å². The van der Waals surface area contributed by atoms with Crippen LogP contribution < -0.4 is 10.6 Å². The van der Waals surface area contributed by atoms with E-state index in [9.17, 15) is 9.59 Å². The number of nitrogens with one attached hydrogen (secondary N) is 3. The molecule has 11 heteroatoms. The molecule has 40 heavy (non-hydrogen) atoms. The van der Waals surface area contributed by atoms with Gasteiger partial charge in [0.1, 0.15) is 16.6 Å². The Morgan fingerprint density at radius 2 is 1.85 bits per heavy atom. The summed E-state index contributed by atoms with van der Waals surface area (Å²) in [5, 5.41) is 8.24. The van der Waals surface area contributed by atoms with Crippen LogP contribution in [0.4, 0.5) is 5.82 Å². The molecule has 2 aliphatic rings. The van der Waals surface area contributed by atoms with E-state index in [0.717, 1.165) is 53.7 Å². The maximum Gasteiger partial charge on any atom is 0.289 e. The van der Waals surface area contributed by atoms with Crippen molar-refractivity contribution < 1.29 is 14.0 Å². The number of H-pyrrole nitrogens is 1. The standard InChI is InChI=1S/C29H32ClN7O3/c30-25-15-19(23-17-32-28-22(23)3-1-9-31-28)16-26(35-25)33-20-5-7-21(8-6-20)34-27(38)18-36-10-12-37(13-11-36)29(39)24-4-2-14-40-24/h1-4,9,14-17,20-21H,5-8,10-13,18H2,(H,31,32)(H,33,35)(H,34,38)/t20-,21-. The minimum Gasteiger partial charge on any atom is -0.459 e. The summed E-state index contributed by atoms with van der Waals surface area (Å²) >= 11 is 6.39. The first-order chi connectivity index (χ1) is 19.5. The lowest BCUT2D eigenvalue weighted by molar-refractivity contribution is -0.123. The van der Waals surface area contributed by atoms with E-state index in [1.165, 1.54) is 6.26 Å². The highest BCUT2D eigenvalue weighted by Crippen LogP contribution is 2.31. The minimum absolute atomic E-state index is 0.0385. The second-order valence-electron chi connectivity index (χ2n) is 10.5. The van der Waals surface area contributed by atoms with Crippen LogP contribution in [0.1, 0.15) is 36.2 Å². The molecule has 1 saturated heterocycles. The first kappa shape index (κ1) is 26.3. The normalized spacial score (nSPS) is 20.0. The lowest BCUT2D eigenvalue weighted by Crippen LogP contribution is -2.52. The first-order valence-electron chi connectivity index (χ1n) is 13.7. The molecule has 4 aromatic rings. The van der Waals surface area contributed by atoms with Crippen molar-refractivity contribution in [2.24, 2.45) is 0 Å². The van der Waals surface area contributed by atoms with Gasteiger partial charge in [-0.05, 0) is 67.6 Å². The number of halogens is 1. The molecule has 1 aliphatic carbocycles. The minimum atomic E-state index is -0.0982. The summed E-state index contributed by atoms with van der Waals surface area (Å²) < 4.78 is 5.22. The van der Waals surface area contributed by atoms with E-state index in [2.05, 4.69) is 30.5 Å². The van der Waals surface area contributed by atoms with Crippen LogP contribution in [0.3, 0.4) is 0 Å². The Hall–Kier alpha value is -3.89. The lowest BCUT2D eigenvalue weighted by atomic mass is 9.91. The molecule has 2 fully saturated rings. The molecule has 0 unspecified atom stereocenters. The van der Waals surface area contributed by atoms with Gasteiger partial charge in [-0.15, -0.1) is 0 Å². The van der Waals surface area contributed by atoms with E-state index in [4.69, 9.17) is 16.0 Å². The van der Waals surface area contributed by atoms with Gasteiger partial charge in [0.15, 0.2) is 5.76 Å². The number of hydrogen-bond donors (Lipinski definition) is 3. The van der Waals surface area contributed by atoms with Gasteiger partial charge in [-0.3, -0.25) is 14.5 Å². The van der Waals surface area contributed by atoms with E-state index >= 15 is 0 Å². The number of furan rings is 1. The molecule has 0 radical (unpaired) electrons. The molecule has 1 saturated carbocycles. The number of aromatic nitrogens is 3. The number of anilines is 1. The first-order valence-corrected chi connectivity index (χ1v) is 14.1. The van der Waals surface area contributed by atoms with E-state index in [1.807, 2.05) is 30.5 Å². The van der Waals surface area contributed by atoms with Gasteiger partial charge in [-0.1, -0.05) is 11.6 Å². The zero-order valence-electron chi connectivity index (χ0n) is 22.1. The average molecular weight is 562 g/mol. The number of pyridine rings is 2. The maximum atomic E-state index is 12.7. The predicted molar refractivity (Wildman–Crippen MR) is 153 cm³/mol. The zero-order chi connectivity index (χ0) is 27.5. The van der Waals surface area contributed by atoms with Crippen LogP contribution in [0.2, 0.25) is 5.15 Å².